The fourth-order valence-electron chi connectivity index (χ4n) is 4.72. The molecule has 3 amide bonds. The van der Waals surface area contributed by atoms with Gasteiger partial charge in [0.25, 0.3) is 5.91 Å². The van der Waals surface area contributed by atoms with E-state index in [1.165, 1.54) is 17.0 Å². The van der Waals surface area contributed by atoms with E-state index < -0.39 is 29.3 Å². The number of halogens is 1. The van der Waals surface area contributed by atoms with Crippen molar-refractivity contribution in [2.75, 3.05) is 18.0 Å². The Morgan fingerprint density at radius 1 is 1.13 bits per heavy atom. The predicted octanol–water partition coefficient (Wildman–Crippen LogP) is 4.38. The topological polar surface area (TPSA) is 98.7 Å². The second kappa shape index (κ2) is 12.5. The normalized spacial score (nSPS) is 16.2. The smallest absolute Gasteiger partial charge is 0.252 e. The molecule has 38 heavy (non-hydrogen) atoms. The number of amides is 3. The van der Waals surface area contributed by atoms with Crippen LogP contribution in [0.3, 0.4) is 0 Å². The van der Waals surface area contributed by atoms with Crippen LogP contribution in [0.1, 0.15) is 75.7 Å². The summed E-state index contributed by atoms with van der Waals surface area (Å²) >= 11 is 0. The first kappa shape index (κ1) is 29.3. The average molecular weight is 526 g/mol. The van der Waals surface area contributed by atoms with Gasteiger partial charge in [0.05, 0.1) is 11.8 Å². The van der Waals surface area contributed by atoms with Crippen LogP contribution in [0.5, 0.6) is 0 Å². The van der Waals surface area contributed by atoms with Crippen LogP contribution in [0.2, 0.25) is 0 Å². The molecule has 8 heteroatoms. The Morgan fingerprint density at radius 2 is 1.84 bits per heavy atom. The first-order valence-corrected chi connectivity index (χ1v) is 13.4. The molecule has 2 aromatic rings. The third kappa shape index (κ3) is 7.19. The number of benzene rings is 2. The molecule has 2 atom stereocenters. The lowest BCUT2D eigenvalue weighted by atomic mass is 9.81. The molecule has 1 fully saturated rings. The SMILES string of the molecule is CCC[C@H](O)[C@](Cc1ccccc1)(NC(=O)c1ccc(F)c(N2CCCC2=O)c1)C(=O)NCCC(C)(C)C. The number of nitrogens with zero attached hydrogens (tertiary/aromatic N) is 1. The molecular formula is C30H40FN3O4. The molecule has 0 spiro atoms. The Labute approximate surface area is 224 Å². The molecule has 3 N–H and O–H groups in total. The number of carbonyl (C=O) groups excluding carboxylic acids is 3. The van der Waals surface area contributed by atoms with Gasteiger partial charge in [-0.2, -0.15) is 0 Å². The molecule has 7 nitrogen and oxygen atoms in total. The highest BCUT2D eigenvalue weighted by Gasteiger charge is 2.46. The second-order valence-corrected chi connectivity index (χ2v) is 11.3. The first-order chi connectivity index (χ1) is 18.0. The van der Waals surface area contributed by atoms with E-state index in [1.807, 2.05) is 37.3 Å². The van der Waals surface area contributed by atoms with Gasteiger partial charge in [0, 0.05) is 31.5 Å². The number of hydrogen-bond acceptors (Lipinski definition) is 4. The molecule has 0 aliphatic carbocycles. The van der Waals surface area contributed by atoms with Gasteiger partial charge >= 0.3 is 0 Å². The van der Waals surface area contributed by atoms with Crippen molar-refractivity contribution >= 4 is 23.4 Å². The van der Waals surface area contributed by atoms with Crippen molar-refractivity contribution in [1.29, 1.82) is 0 Å². The van der Waals surface area contributed by atoms with Crippen LogP contribution >= 0.6 is 0 Å². The van der Waals surface area contributed by atoms with E-state index in [4.69, 9.17) is 0 Å². The Morgan fingerprint density at radius 3 is 2.45 bits per heavy atom. The minimum Gasteiger partial charge on any atom is -0.390 e. The highest BCUT2D eigenvalue weighted by atomic mass is 19.1. The van der Waals surface area contributed by atoms with Gasteiger partial charge < -0.3 is 20.6 Å². The Balaban J connectivity index is 1.99. The highest BCUT2D eigenvalue weighted by molar-refractivity contribution is 6.02. The third-order valence-corrected chi connectivity index (χ3v) is 6.93. The van der Waals surface area contributed by atoms with Gasteiger partial charge in [0.2, 0.25) is 11.8 Å². The van der Waals surface area contributed by atoms with E-state index in [2.05, 4.69) is 31.4 Å². The predicted molar refractivity (Wildman–Crippen MR) is 146 cm³/mol. The standard InChI is InChI=1S/C30H40FN3O4/c1-5-10-25(35)30(20-21-11-7-6-8-12-21,28(38)32-17-16-29(2,3)4)33-27(37)22-14-15-23(31)24(19-22)34-18-9-13-26(34)36/h6-8,11-12,14-15,19,25,35H,5,9-10,13,16-18,20H2,1-4H3,(H,32,38)(H,33,37)/t25-,30-/m0/s1. The number of nitrogens with one attached hydrogen (secondary N) is 2. The monoisotopic (exact) mass is 525 g/mol. The van der Waals surface area contributed by atoms with E-state index in [-0.39, 0.29) is 35.4 Å². The van der Waals surface area contributed by atoms with Crippen molar-refractivity contribution in [2.24, 2.45) is 5.41 Å². The third-order valence-electron chi connectivity index (χ3n) is 6.93. The number of anilines is 1. The minimum absolute atomic E-state index is 0.0157. The maximum atomic E-state index is 14.6. The van der Waals surface area contributed by atoms with Gasteiger partial charge in [-0.15, -0.1) is 0 Å². The van der Waals surface area contributed by atoms with Crippen LogP contribution in [0.4, 0.5) is 10.1 Å². The summed E-state index contributed by atoms with van der Waals surface area (Å²) in [6.45, 7) is 8.87. The summed E-state index contributed by atoms with van der Waals surface area (Å²) in [4.78, 5) is 41.0. The van der Waals surface area contributed by atoms with Crippen LogP contribution in [-0.2, 0) is 16.0 Å². The summed E-state index contributed by atoms with van der Waals surface area (Å²) in [6.07, 6.45) is 1.44. The largest absolute Gasteiger partial charge is 0.390 e. The maximum absolute atomic E-state index is 14.6. The van der Waals surface area contributed by atoms with Gasteiger partial charge in [-0.1, -0.05) is 64.4 Å². The van der Waals surface area contributed by atoms with Crippen molar-refractivity contribution in [2.45, 2.75) is 77.9 Å². The Kier molecular flexibility index (Phi) is 9.66. The molecule has 0 unspecified atom stereocenters. The Bertz CT molecular complexity index is 1130. The van der Waals surface area contributed by atoms with E-state index in [1.54, 1.807) is 0 Å². The number of hydrogen-bond donors (Lipinski definition) is 3. The molecule has 1 heterocycles. The Hall–Kier alpha value is -3.26. The number of aliphatic hydroxyl groups excluding tert-OH is 1. The van der Waals surface area contributed by atoms with Crippen LogP contribution in [0, 0.1) is 11.2 Å². The number of rotatable bonds is 11. The van der Waals surface area contributed by atoms with Crippen molar-refractivity contribution in [3.63, 3.8) is 0 Å². The van der Waals surface area contributed by atoms with Crippen LogP contribution in [0.15, 0.2) is 48.5 Å². The van der Waals surface area contributed by atoms with Crippen LogP contribution in [-0.4, -0.2) is 47.6 Å². The van der Waals surface area contributed by atoms with Gasteiger partial charge in [-0.3, -0.25) is 14.4 Å². The summed E-state index contributed by atoms with van der Waals surface area (Å²) in [5, 5.41) is 17.2. The molecular weight excluding hydrogens is 485 g/mol. The highest BCUT2D eigenvalue weighted by Crippen LogP contribution is 2.28. The van der Waals surface area contributed by atoms with Crippen molar-refractivity contribution in [3.05, 3.63) is 65.5 Å². The minimum atomic E-state index is -1.66. The van der Waals surface area contributed by atoms with Gasteiger partial charge in [-0.05, 0) is 48.4 Å². The van der Waals surface area contributed by atoms with Gasteiger partial charge in [0.15, 0.2) is 0 Å². The summed E-state index contributed by atoms with van der Waals surface area (Å²) in [5.41, 5.74) is -0.763. The van der Waals surface area contributed by atoms with E-state index in [0.717, 1.165) is 11.6 Å². The second-order valence-electron chi connectivity index (χ2n) is 11.3. The fraction of sp³-hybridized carbons (Fsp3) is 0.500. The first-order valence-electron chi connectivity index (χ1n) is 13.4. The van der Waals surface area contributed by atoms with Crippen LogP contribution in [0.25, 0.3) is 0 Å². The van der Waals surface area contributed by atoms with Gasteiger partial charge in [0.1, 0.15) is 11.4 Å². The number of aliphatic hydroxyl groups is 1. The van der Waals surface area contributed by atoms with E-state index >= 15 is 0 Å². The average Bonchev–Trinajstić information content (AvgIpc) is 3.29. The van der Waals surface area contributed by atoms with Crippen molar-refractivity contribution in [1.82, 2.24) is 10.6 Å². The van der Waals surface area contributed by atoms with Gasteiger partial charge in [-0.25, -0.2) is 4.39 Å². The molecule has 2 aromatic carbocycles. The van der Waals surface area contributed by atoms with Crippen molar-refractivity contribution < 1.29 is 23.9 Å². The summed E-state index contributed by atoms with van der Waals surface area (Å²) < 4.78 is 14.6. The lowest BCUT2D eigenvalue weighted by Crippen LogP contribution is -2.66. The van der Waals surface area contributed by atoms with E-state index in [9.17, 15) is 23.9 Å². The van der Waals surface area contributed by atoms with E-state index in [0.29, 0.717) is 38.8 Å². The molecule has 0 bridgehead atoms. The summed E-state index contributed by atoms with van der Waals surface area (Å²) in [5.74, 6) is -1.90. The zero-order valence-electron chi connectivity index (χ0n) is 22.9. The maximum Gasteiger partial charge on any atom is 0.252 e. The lowest BCUT2D eigenvalue weighted by Gasteiger charge is -2.38. The van der Waals surface area contributed by atoms with Crippen LogP contribution < -0.4 is 15.5 Å². The van der Waals surface area contributed by atoms with Crippen molar-refractivity contribution in [3.8, 4) is 0 Å². The lowest BCUT2D eigenvalue weighted by molar-refractivity contribution is -0.132. The molecule has 206 valence electrons. The molecule has 1 saturated heterocycles. The molecule has 0 radical (unpaired) electrons. The zero-order chi connectivity index (χ0) is 27.9. The molecule has 1 aliphatic rings. The zero-order valence-corrected chi connectivity index (χ0v) is 22.9. The molecule has 0 saturated carbocycles. The summed E-state index contributed by atoms with van der Waals surface area (Å²) in [6, 6.07) is 13.0. The fourth-order valence-corrected chi connectivity index (χ4v) is 4.72. The molecule has 1 aliphatic heterocycles. The number of carbonyl (C=O) groups is 3. The summed E-state index contributed by atoms with van der Waals surface area (Å²) in [7, 11) is 0. The molecule has 3 rings (SSSR count). The molecule has 0 aromatic heterocycles. The quantitative estimate of drug-likeness (QED) is 0.406.